The highest BCUT2D eigenvalue weighted by Crippen LogP contribution is 2.05. The highest BCUT2D eigenvalue weighted by molar-refractivity contribution is 7.80. The normalized spacial score (nSPS) is 10.5. The lowest BCUT2D eigenvalue weighted by Crippen LogP contribution is -2.19. The van der Waals surface area contributed by atoms with Gasteiger partial charge in [0.25, 0.3) is 0 Å². The molecule has 1 rings (SSSR count). The lowest BCUT2D eigenvalue weighted by molar-refractivity contribution is 0.477. The van der Waals surface area contributed by atoms with Crippen molar-refractivity contribution in [3.63, 3.8) is 0 Å². The molecule has 0 aliphatic carbocycles. The van der Waals surface area contributed by atoms with Crippen LogP contribution in [-0.2, 0) is 6.42 Å². The second-order valence-electron chi connectivity index (χ2n) is 2.74. The van der Waals surface area contributed by atoms with Crippen LogP contribution in [0.1, 0.15) is 11.5 Å². The topological polar surface area (TPSA) is 25.2 Å². The van der Waals surface area contributed by atoms with Crippen molar-refractivity contribution >= 4 is 12.6 Å². The number of hydrogen-bond acceptors (Lipinski definition) is 3. The fourth-order valence-corrected chi connectivity index (χ4v) is 1.19. The van der Waals surface area contributed by atoms with E-state index in [-0.39, 0.29) is 0 Å². The van der Waals surface area contributed by atoms with Gasteiger partial charge in [0, 0.05) is 25.3 Å². The molecule has 0 fully saturated rings. The third kappa shape index (κ3) is 3.32. The molecular formula is C9H15NOS. The molecule has 0 spiro atoms. The Bertz CT molecular complexity index is 222. The lowest BCUT2D eigenvalue weighted by atomic mass is 10.3. The minimum atomic E-state index is 0.886. The van der Waals surface area contributed by atoms with Crippen molar-refractivity contribution < 1.29 is 4.42 Å². The third-order valence-corrected chi connectivity index (χ3v) is 1.86. The maximum atomic E-state index is 5.40. The average molecular weight is 185 g/mol. The van der Waals surface area contributed by atoms with Crippen LogP contribution in [0.3, 0.4) is 0 Å². The molecule has 0 amide bonds. The molecule has 12 heavy (non-hydrogen) atoms. The van der Waals surface area contributed by atoms with E-state index in [0.717, 1.165) is 36.8 Å². The molecule has 0 aliphatic heterocycles. The molecular weight excluding hydrogens is 170 g/mol. The monoisotopic (exact) mass is 185 g/mol. The first-order chi connectivity index (χ1) is 5.83. The fourth-order valence-electron chi connectivity index (χ4n) is 1.04. The molecule has 3 heteroatoms. The minimum Gasteiger partial charge on any atom is -0.466 e. The zero-order valence-electron chi connectivity index (χ0n) is 7.34. The van der Waals surface area contributed by atoms with Crippen molar-refractivity contribution in [2.24, 2.45) is 0 Å². The van der Waals surface area contributed by atoms with Crippen molar-refractivity contribution in [3.8, 4) is 0 Å². The van der Waals surface area contributed by atoms with Crippen LogP contribution in [0.2, 0.25) is 0 Å². The van der Waals surface area contributed by atoms with Gasteiger partial charge in [0.2, 0.25) is 0 Å². The number of furan rings is 1. The van der Waals surface area contributed by atoms with E-state index in [2.05, 4.69) is 17.9 Å². The van der Waals surface area contributed by atoms with E-state index in [1.54, 1.807) is 0 Å². The molecule has 0 aliphatic rings. The first-order valence-electron chi connectivity index (χ1n) is 4.20. The molecule has 0 saturated carbocycles. The molecule has 0 unspecified atom stereocenters. The van der Waals surface area contributed by atoms with Gasteiger partial charge in [-0.05, 0) is 19.1 Å². The summed E-state index contributed by atoms with van der Waals surface area (Å²) in [4.78, 5) is 0. The summed E-state index contributed by atoms with van der Waals surface area (Å²) in [6.45, 7) is 3.89. The number of hydrogen-bond donors (Lipinski definition) is 2. The lowest BCUT2D eigenvalue weighted by Gasteiger charge is -1.99. The van der Waals surface area contributed by atoms with Crippen LogP contribution in [-0.4, -0.2) is 18.8 Å². The van der Waals surface area contributed by atoms with Crippen LogP contribution in [0.15, 0.2) is 16.5 Å². The van der Waals surface area contributed by atoms with Gasteiger partial charge in [0.1, 0.15) is 11.5 Å². The van der Waals surface area contributed by atoms with Crippen molar-refractivity contribution in [2.75, 3.05) is 18.8 Å². The van der Waals surface area contributed by atoms with Crippen molar-refractivity contribution in [1.82, 2.24) is 5.32 Å². The van der Waals surface area contributed by atoms with Crippen molar-refractivity contribution in [2.45, 2.75) is 13.3 Å². The second kappa shape index (κ2) is 5.27. The van der Waals surface area contributed by atoms with Crippen LogP contribution < -0.4 is 5.32 Å². The Morgan fingerprint density at radius 3 is 2.83 bits per heavy atom. The first-order valence-corrected chi connectivity index (χ1v) is 4.83. The maximum absolute atomic E-state index is 5.40. The van der Waals surface area contributed by atoms with E-state index in [9.17, 15) is 0 Å². The van der Waals surface area contributed by atoms with Crippen LogP contribution in [0.25, 0.3) is 0 Å². The molecule has 0 aromatic carbocycles. The molecule has 68 valence electrons. The zero-order chi connectivity index (χ0) is 8.81. The summed E-state index contributed by atoms with van der Waals surface area (Å²) in [5.41, 5.74) is 0. The predicted octanol–water partition coefficient (Wildman–Crippen LogP) is 1.65. The van der Waals surface area contributed by atoms with Gasteiger partial charge in [-0.15, -0.1) is 0 Å². The second-order valence-corrected chi connectivity index (χ2v) is 3.18. The van der Waals surface area contributed by atoms with E-state index in [0.29, 0.717) is 0 Å². The van der Waals surface area contributed by atoms with Crippen LogP contribution >= 0.6 is 12.6 Å². The Morgan fingerprint density at radius 2 is 2.25 bits per heavy atom. The van der Waals surface area contributed by atoms with Crippen LogP contribution in [0, 0.1) is 6.92 Å². The van der Waals surface area contributed by atoms with Gasteiger partial charge in [-0.2, -0.15) is 12.6 Å². The van der Waals surface area contributed by atoms with Gasteiger partial charge >= 0.3 is 0 Å². The van der Waals surface area contributed by atoms with Gasteiger partial charge in [-0.25, -0.2) is 0 Å². The first kappa shape index (κ1) is 9.68. The van der Waals surface area contributed by atoms with Gasteiger partial charge in [0.05, 0.1) is 0 Å². The number of nitrogens with one attached hydrogen (secondary N) is 1. The van der Waals surface area contributed by atoms with Crippen molar-refractivity contribution in [3.05, 3.63) is 23.7 Å². The number of rotatable bonds is 5. The standard InChI is InChI=1S/C9H15NOS/c1-8-2-3-9(11-8)4-5-10-6-7-12/h2-3,10,12H,4-7H2,1H3. The van der Waals surface area contributed by atoms with E-state index in [1.165, 1.54) is 0 Å². The molecule has 1 aromatic heterocycles. The summed E-state index contributed by atoms with van der Waals surface area (Å²) < 4.78 is 5.40. The maximum Gasteiger partial charge on any atom is 0.105 e. The highest BCUT2D eigenvalue weighted by Gasteiger charge is 1.96. The minimum absolute atomic E-state index is 0.886. The summed E-state index contributed by atoms with van der Waals surface area (Å²) in [6, 6.07) is 4.02. The molecule has 0 atom stereocenters. The zero-order valence-corrected chi connectivity index (χ0v) is 8.23. The SMILES string of the molecule is Cc1ccc(CCNCCS)o1. The Kier molecular flexibility index (Phi) is 4.25. The van der Waals surface area contributed by atoms with Crippen LogP contribution in [0.5, 0.6) is 0 Å². The summed E-state index contributed by atoms with van der Waals surface area (Å²) in [5, 5.41) is 3.26. The third-order valence-electron chi connectivity index (χ3n) is 1.63. The molecule has 0 bridgehead atoms. The van der Waals surface area contributed by atoms with Crippen molar-refractivity contribution in [1.29, 1.82) is 0 Å². The van der Waals surface area contributed by atoms with Gasteiger partial charge < -0.3 is 9.73 Å². The Hall–Kier alpha value is -0.410. The van der Waals surface area contributed by atoms with E-state index < -0.39 is 0 Å². The quantitative estimate of drug-likeness (QED) is 0.538. The van der Waals surface area contributed by atoms with Gasteiger partial charge in [0.15, 0.2) is 0 Å². The molecule has 1 N–H and O–H groups in total. The Labute approximate surface area is 78.8 Å². The smallest absolute Gasteiger partial charge is 0.105 e. The van der Waals surface area contributed by atoms with E-state index in [1.807, 2.05) is 19.1 Å². The number of thiol groups is 1. The van der Waals surface area contributed by atoms with Gasteiger partial charge in [-0.3, -0.25) is 0 Å². The molecule has 1 aromatic rings. The van der Waals surface area contributed by atoms with Crippen LogP contribution in [0.4, 0.5) is 0 Å². The number of aryl methyl sites for hydroxylation is 1. The van der Waals surface area contributed by atoms with Gasteiger partial charge in [-0.1, -0.05) is 0 Å². The van der Waals surface area contributed by atoms with E-state index in [4.69, 9.17) is 4.42 Å². The largest absolute Gasteiger partial charge is 0.466 e. The van der Waals surface area contributed by atoms with E-state index >= 15 is 0 Å². The fraction of sp³-hybridized carbons (Fsp3) is 0.556. The summed E-state index contributed by atoms with van der Waals surface area (Å²) in [5.74, 6) is 2.93. The summed E-state index contributed by atoms with van der Waals surface area (Å²) in [7, 11) is 0. The Morgan fingerprint density at radius 1 is 1.42 bits per heavy atom. The molecule has 0 radical (unpaired) electrons. The predicted molar refractivity (Wildman–Crippen MR) is 53.9 cm³/mol. The molecule has 2 nitrogen and oxygen atoms in total. The molecule has 0 saturated heterocycles. The summed E-state index contributed by atoms with van der Waals surface area (Å²) in [6.07, 6.45) is 0.960. The molecule has 1 heterocycles. The highest BCUT2D eigenvalue weighted by atomic mass is 32.1. The Balaban J connectivity index is 2.15. The summed E-state index contributed by atoms with van der Waals surface area (Å²) >= 11 is 4.10. The average Bonchev–Trinajstić information content (AvgIpc) is 2.45.